The Labute approximate surface area is 336 Å². The quantitative estimate of drug-likeness (QED) is 0.118. The van der Waals surface area contributed by atoms with Gasteiger partial charge in [0.1, 0.15) is 5.82 Å². The number of pyridine rings is 2. The molecule has 8 aromatic rings. The third kappa shape index (κ3) is 9.02. The second kappa shape index (κ2) is 16.6. The molecule has 3 aromatic heterocycles. The fourth-order valence-corrected chi connectivity index (χ4v) is 9.72. The molecule has 0 atom stereocenters. The van der Waals surface area contributed by atoms with Crippen LogP contribution in [0.1, 0.15) is 37.4 Å². The van der Waals surface area contributed by atoms with Crippen LogP contribution in [-0.4, -0.2) is 23.2 Å². The molecule has 0 saturated heterocycles. The number of benzene rings is 5. The summed E-state index contributed by atoms with van der Waals surface area (Å²) in [6, 6.07) is 43.2. The predicted molar refractivity (Wildman–Crippen MR) is 216 cm³/mol. The van der Waals surface area contributed by atoms with Gasteiger partial charge < -0.3 is 4.98 Å². The molecule has 1 radical (unpaired) electrons. The summed E-state index contributed by atoms with van der Waals surface area (Å²) < 4.78 is 74.3. The normalized spacial score (nSPS) is 14.0. The standard InChI is InChI=1S/C24H15FNS.C22H24GeN.Ir/c25-19-7-9-24-21(15-19)20-14-18(6-8-23(20)27-24)22-13-17(10-11-26-22)12-16-4-2-1-3-5-16;1-17-10-12-19(13-11-17)22-15-20(14-18-8-6-5-7-9-18)21(16-24-22)23(2,3)4;/h1-5,7-11,13-15H,12H2;5-12,15-16H,14H2,1-4H3;/q2*-1;/i12D2;1D3,14D2;. The maximum Gasteiger partial charge on any atom is 0.123 e. The molecule has 8 rings (SSSR count). The first-order valence-electron chi connectivity index (χ1n) is 20.1. The fraction of sp³-hybridized carbons (Fsp3) is 0.130. The molecule has 0 aliphatic rings. The molecular formula is C46H39FGeIrN2S-2. The SMILES string of the molecule is [2H]C([2H])([2H])c1c[c-]c(-c2cc(C([2H])([2H])c3ccccc3)[c]([Ge]([CH3])([CH3])[CH3])cn2)cc1.[2H]C([2H])(c1ccccc1)c1ccnc(-c2[c-]cc3sc4ccc(F)cc4c3c2)c1.[Ir]. The summed E-state index contributed by atoms with van der Waals surface area (Å²) in [5.74, 6) is 6.40. The zero-order chi connectivity index (χ0) is 41.5. The molecule has 3 heterocycles. The van der Waals surface area contributed by atoms with Gasteiger partial charge in [0, 0.05) is 33.7 Å². The molecule has 6 heteroatoms. The third-order valence-corrected chi connectivity index (χ3v) is 13.7. The summed E-state index contributed by atoms with van der Waals surface area (Å²) in [6.07, 6.45) is 0.124. The van der Waals surface area contributed by atoms with Crippen LogP contribution in [-0.2, 0) is 32.9 Å². The van der Waals surface area contributed by atoms with Gasteiger partial charge in [0.2, 0.25) is 0 Å². The molecule has 0 amide bonds. The molecule has 2 nitrogen and oxygen atoms in total. The van der Waals surface area contributed by atoms with Crippen LogP contribution in [0.15, 0.2) is 140 Å². The average molecular weight is 943 g/mol. The Kier molecular flexibility index (Phi) is 9.33. The van der Waals surface area contributed by atoms with Crippen molar-refractivity contribution in [1.82, 2.24) is 9.97 Å². The number of fused-ring (bicyclic) bond motifs is 3. The first-order valence-corrected chi connectivity index (χ1v) is 24.7. The van der Waals surface area contributed by atoms with Crippen molar-refractivity contribution in [2.45, 2.75) is 36.9 Å². The van der Waals surface area contributed by atoms with E-state index in [0.717, 1.165) is 30.1 Å². The van der Waals surface area contributed by atoms with Crippen LogP contribution in [0.4, 0.5) is 4.39 Å². The summed E-state index contributed by atoms with van der Waals surface area (Å²) in [6.45, 7) is -2.18. The zero-order valence-corrected chi connectivity index (χ0v) is 34.1. The number of aryl methyl sites for hydroxylation is 1. The number of nitrogens with zero attached hydrogens (tertiary/aromatic N) is 2. The molecule has 0 spiro atoms. The zero-order valence-electron chi connectivity index (χ0n) is 35.8. The van der Waals surface area contributed by atoms with Gasteiger partial charge in [-0.2, -0.15) is 11.3 Å². The molecule has 0 fully saturated rings. The summed E-state index contributed by atoms with van der Waals surface area (Å²) in [7, 11) is 0. The Balaban J connectivity index is 0.000000195. The molecule has 5 aromatic carbocycles. The Morgan fingerprint density at radius 3 is 2.08 bits per heavy atom. The topological polar surface area (TPSA) is 25.8 Å². The number of rotatable bonds is 7. The van der Waals surface area contributed by atoms with E-state index in [1.54, 1.807) is 90.5 Å². The van der Waals surface area contributed by atoms with Crippen LogP contribution in [0.3, 0.4) is 0 Å². The Morgan fingerprint density at radius 1 is 0.692 bits per heavy atom. The smallest absolute Gasteiger partial charge is 0.123 e. The van der Waals surface area contributed by atoms with Crippen molar-refractivity contribution >= 4 is 49.2 Å². The summed E-state index contributed by atoms with van der Waals surface area (Å²) in [5, 5.41) is 1.83. The number of hydrogen-bond donors (Lipinski definition) is 0. The second-order valence-electron chi connectivity index (χ2n) is 13.1. The van der Waals surface area contributed by atoms with E-state index in [4.69, 9.17) is 9.60 Å². The largest absolute Gasteiger partial charge is 0.305 e. The Bertz CT molecular complexity index is 2720. The van der Waals surface area contributed by atoms with E-state index >= 15 is 0 Å². The first-order chi connectivity index (χ1) is 27.4. The summed E-state index contributed by atoms with van der Waals surface area (Å²) in [5.41, 5.74) is 5.22. The average Bonchev–Trinajstić information content (AvgIpc) is 3.58. The molecule has 0 aliphatic heterocycles. The maximum atomic E-state index is 13.8. The molecule has 0 aliphatic carbocycles. The Morgan fingerprint density at radius 2 is 1.38 bits per heavy atom. The minimum absolute atomic E-state index is 0. The van der Waals surface area contributed by atoms with Crippen molar-refractivity contribution in [3.8, 4) is 22.5 Å². The molecule has 261 valence electrons. The number of hydrogen-bond acceptors (Lipinski definition) is 3. The second-order valence-corrected chi connectivity index (χ2v) is 24.8. The van der Waals surface area contributed by atoms with Crippen molar-refractivity contribution in [1.29, 1.82) is 0 Å². The monoisotopic (exact) mass is 944 g/mol. The molecule has 0 unspecified atom stereocenters. The third-order valence-electron chi connectivity index (χ3n) is 8.32. The van der Waals surface area contributed by atoms with Gasteiger partial charge in [-0.3, -0.25) is 0 Å². The van der Waals surface area contributed by atoms with E-state index in [0.29, 0.717) is 39.2 Å². The van der Waals surface area contributed by atoms with Crippen LogP contribution < -0.4 is 4.40 Å². The number of halogens is 1. The molecule has 52 heavy (non-hydrogen) atoms. The van der Waals surface area contributed by atoms with Crippen LogP contribution in [0.25, 0.3) is 42.7 Å². The van der Waals surface area contributed by atoms with Gasteiger partial charge >= 0.3 is 155 Å². The van der Waals surface area contributed by atoms with Crippen LogP contribution >= 0.6 is 11.3 Å². The van der Waals surface area contributed by atoms with Crippen molar-refractivity contribution in [2.75, 3.05) is 0 Å². The van der Waals surface area contributed by atoms with E-state index < -0.39 is 32.9 Å². The molecular weight excluding hydrogens is 896 g/mol. The summed E-state index contributed by atoms with van der Waals surface area (Å²) >= 11 is -0.815. The fourth-order valence-electron chi connectivity index (χ4n) is 5.75. The first kappa shape index (κ1) is 29.2. The number of thiophene rings is 1. The van der Waals surface area contributed by atoms with Crippen LogP contribution in [0.5, 0.6) is 0 Å². The van der Waals surface area contributed by atoms with Crippen molar-refractivity contribution < 1.29 is 34.1 Å². The molecule has 0 N–H and O–H groups in total. The van der Waals surface area contributed by atoms with Gasteiger partial charge in [-0.1, -0.05) is 41.8 Å². The number of aromatic nitrogens is 2. The van der Waals surface area contributed by atoms with E-state index in [1.807, 2.05) is 48.5 Å². The minimum Gasteiger partial charge on any atom is -0.305 e. The van der Waals surface area contributed by atoms with Gasteiger partial charge in [-0.15, -0.1) is 23.8 Å². The van der Waals surface area contributed by atoms with E-state index in [2.05, 4.69) is 39.4 Å². The van der Waals surface area contributed by atoms with Crippen molar-refractivity contribution in [3.05, 3.63) is 186 Å². The molecule has 0 saturated carbocycles. The molecule has 0 bridgehead atoms. The Hall–Kier alpha value is -4.26. The maximum absolute atomic E-state index is 13.8. The van der Waals surface area contributed by atoms with Crippen LogP contribution in [0, 0.1) is 24.8 Å². The van der Waals surface area contributed by atoms with E-state index in [-0.39, 0.29) is 31.5 Å². The summed E-state index contributed by atoms with van der Waals surface area (Å²) in [4.78, 5) is 9.02. The van der Waals surface area contributed by atoms with E-state index in [1.165, 1.54) is 12.1 Å². The van der Waals surface area contributed by atoms with Crippen molar-refractivity contribution in [2.24, 2.45) is 0 Å². The van der Waals surface area contributed by atoms with Gasteiger partial charge in [0.25, 0.3) is 0 Å². The predicted octanol–water partition coefficient (Wildman–Crippen LogP) is 11.6. The van der Waals surface area contributed by atoms with Crippen LogP contribution in [0.2, 0.25) is 17.3 Å². The van der Waals surface area contributed by atoms with Gasteiger partial charge in [-0.05, 0) is 57.5 Å². The van der Waals surface area contributed by atoms with Gasteiger partial charge in [-0.25, -0.2) is 4.39 Å². The van der Waals surface area contributed by atoms with Gasteiger partial charge in [0.05, 0.1) is 0 Å². The van der Waals surface area contributed by atoms with Gasteiger partial charge in [0.15, 0.2) is 0 Å². The minimum atomic E-state index is -2.42. The van der Waals surface area contributed by atoms with E-state index in [9.17, 15) is 4.39 Å². The van der Waals surface area contributed by atoms with Crippen molar-refractivity contribution in [3.63, 3.8) is 0 Å².